The van der Waals surface area contributed by atoms with Gasteiger partial charge < -0.3 is 10.3 Å². The molecule has 0 unspecified atom stereocenters. The summed E-state index contributed by atoms with van der Waals surface area (Å²) in [6.45, 7) is 0.951. The molecule has 0 saturated heterocycles. The molecule has 3 heteroatoms. The molecule has 1 aliphatic rings. The van der Waals surface area contributed by atoms with Crippen molar-refractivity contribution >= 4 is 22.5 Å². The zero-order valence-electron chi connectivity index (χ0n) is 9.09. The quantitative estimate of drug-likeness (QED) is 0.837. The zero-order valence-corrected chi connectivity index (χ0v) is 9.85. The number of H-pyrrole nitrogens is 1. The highest BCUT2D eigenvalue weighted by Gasteiger charge is 2.16. The van der Waals surface area contributed by atoms with Crippen molar-refractivity contribution in [2.45, 2.75) is 31.8 Å². The number of nitrogens with one attached hydrogen (secondary N) is 2. The minimum atomic E-state index is 0.734. The van der Waals surface area contributed by atoms with Crippen LogP contribution in [-0.2, 0) is 6.54 Å². The lowest BCUT2D eigenvalue weighted by Crippen LogP contribution is -2.34. The third kappa shape index (κ3) is 1.83. The Morgan fingerprint density at radius 3 is 3.00 bits per heavy atom. The van der Waals surface area contributed by atoms with Crippen LogP contribution in [0.3, 0.4) is 0 Å². The van der Waals surface area contributed by atoms with E-state index in [4.69, 9.17) is 11.6 Å². The molecule has 2 N–H and O–H groups in total. The second-order valence-electron chi connectivity index (χ2n) is 4.51. The van der Waals surface area contributed by atoms with Crippen LogP contribution in [0.4, 0.5) is 0 Å². The highest BCUT2D eigenvalue weighted by atomic mass is 35.5. The number of halogens is 1. The molecular formula is C13H15ClN2. The monoisotopic (exact) mass is 234 g/mol. The van der Waals surface area contributed by atoms with Crippen LogP contribution >= 0.6 is 11.6 Å². The number of aromatic amines is 1. The van der Waals surface area contributed by atoms with Crippen molar-refractivity contribution in [1.82, 2.24) is 10.3 Å². The molecule has 0 radical (unpaired) electrons. The molecule has 0 amide bonds. The first-order valence-electron chi connectivity index (χ1n) is 5.82. The molecule has 1 heterocycles. The van der Waals surface area contributed by atoms with Gasteiger partial charge >= 0.3 is 0 Å². The SMILES string of the molecule is Clc1ccc2c(CNC3CCC3)c[nH]c2c1. The molecule has 0 spiro atoms. The van der Waals surface area contributed by atoms with E-state index in [1.165, 1.54) is 30.2 Å². The fourth-order valence-corrected chi connectivity index (χ4v) is 2.34. The normalized spacial score (nSPS) is 16.6. The lowest BCUT2D eigenvalue weighted by atomic mass is 9.93. The maximum atomic E-state index is 5.95. The molecule has 3 rings (SSSR count). The fourth-order valence-electron chi connectivity index (χ4n) is 2.17. The maximum absolute atomic E-state index is 5.95. The van der Waals surface area contributed by atoms with Crippen LogP contribution in [0.15, 0.2) is 24.4 Å². The molecule has 0 aliphatic heterocycles. The lowest BCUT2D eigenvalue weighted by Gasteiger charge is -2.26. The Morgan fingerprint density at radius 2 is 2.25 bits per heavy atom. The molecule has 1 aliphatic carbocycles. The third-order valence-electron chi connectivity index (χ3n) is 3.42. The molecule has 84 valence electrons. The van der Waals surface area contributed by atoms with E-state index in [1.807, 2.05) is 12.1 Å². The van der Waals surface area contributed by atoms with Gasteiger partial charge in [-0.2, -0.15) is 0 Å². The van der Waals surface area contributed by atoms with E-state index >= 15 is 0 Å². The van der Waals surface area contributed by atoms with Gasteiger partial charge in [0, 0.05) is 34.7 Å². The number of fused-ring (bicyclic) bond motifs is 1. The standard InChI is InChI=1S/C13H15ClN2/c14-10-4-5-12-9(8-16-13(12)6-10)7-15-11-2-1-3-11/h4-6,8,11,15-16H,1-3,7H2. The van der Waals surface area contributed by atoms with Gasteiger partial charge in [-0.15, -0.1) is 0 Å². The second-order valence-corrected chi connectivity index (χ2v) is 4.95. The van der Waals surface area contributed by atoms with Crippen LogP contribution in [0, 0.1) is 0 Å². The van der Waals surface area contributed by atoms with Gasteiger partial charge in [-0.3, -0.25) is 0 Å². The predicted molar refractivity (Wildman–Crippen MR) is 67.8 cm³/mol. The molecule has 1 saturated carbocycles. The van der Waals surface area contributed by atoms with E-state index in [0.29, 0.717) is 0 Å². The first-order chi connectivity index (χ1) is 7.83. The van der Waals surface area contributed by atoms with Gasteiger partial charge in [-0.05, 0) is 30.5 Å². The molecule has 0 bridgehead atoms. The summed E-state index contributed by atoms with van der Waals surface area (Å²) in [5.41, 5.74) is 2.46. The van der Waals surface area contributed by atoms with Crippen LogP contribution in [0.25, 0.3) is 10.9 Å². The van der Waals surface area contributed by atoms with Crippen LogP contribution in [0.2, 0.25) is 5.02 Å². The van der Waals surface area contributed by atoms with E-state index in [-0.39, 0.29) is 0 Å². The van der Waals surface area contributed by atoms with Crippen LogP contribution in [0.5, 0.6) is 0 Å². The van der Waals surface area contributed by atoms with E-state index < -0.39 is 0 Å². The third-order valence-corrected chi connectivity index (χ3v) is 3.65. The Labute approximate surface area is 100.0 Å². The minimum absolute atomic E-state index is 0.734. The van der Waals surface area contributed by atoms with Gasteiger partial charge in [-0.25, -0.2) is 0 Å². The van der Waals surface area contributed by atoms with Crippen molar-refractivity contribution in [2.24, 2.45) is 0 Å². The van der Waals surface area contributed by atoms with Gasteiger partial charge in [-0.1, -0.05) is 24.1 Å². The Bertz CT molecular complexity index is 500. The summed E-state index contributed by atoms with van der Waals surface area (Å²) in [6.07, 6.45) is 6.11. The average Bonchev–Trinajstić information content (AvgIpc) is 2.58. The number of rotatable bonds is 3. The van der Waals surface area contributed by atoms with E-state index in [2.05, 4.69) is 22.6 Å². The van der Waals surface area contributed by atoms with Gasteiger partial charge in [0.1, 0.15) is 0 Å². The summed E-state index contributed by atoms with van der Waals surface area (Å²) in [6, 6.07) is 6.75. The van der Waals surface area contributed by atoms with Crippen molar-refractivity contribution in [1.29, 1.82) is 0 Å². The van der Waals surface area contributed by atoms with Gasteiger partial charge in [0.25, 0.3) is 0 Å². The van der Waals surface area contributed by atoms with Crippen molar-refractivity contribution in [3.63, 3.8) is 0 Å². The smallest absolute Gasteiger partial charge is 0.0472 e. The highest BCUT2D eigenvalue weighted by molar-refractivity contribution is 6.31. The molecule has 2 nitrogen and oxygen atoms in total. The summed E-state index contributed by atoms with van der Waals surface area (Å²) in [5, 5.41) is 5.63. The average molecular weight is 235 g/mol. The predicted octanol–water partition coefficient (Wildman–Crippen LogP) is 3.46. The number of hydrogen-bond acceptors (Lipinski definition) is 1. The molecule has 16 heavy (non-hydrogen) atoms. The van der Waals surface area contributed by atoms with Crippen molar-refractivity contribution in [2.75, 3.05) is 0 Å². The van der Waals surface area contributed by atoms with Crippen molar-refractivity contribution in [3.05, 3.63) is 35.0 Å². The zero-order chi connectivity index (χ0) is 11.0. The Hall–Kier alpha value is -0.990. The highest BCUT2D eigenvalue weighted by Crippen LogP contribution is 2.23. The van der Waals surface area contributed by atoms with Crippen molar-refractivity contribution < 1.29 is 0 Å². The molecule has 1 fully saturated rings. The maximum Gasteiger partial charge on any atom is 0.0472 e. The van der Waals surface area contributed by atoms with Gasteiger partial charge in [0.2, 0.25) is 0 Å². The van der Waals surface area contributed by atoms with Gasteiger partial charge in [0.15, 0.2) is 0 Å². The summed E-state index contributed by atoms with van der Waals surface area (Å²) < 4.78 is 0. The molecule has 0 atom stereocenters. The van der Waals surface area contributed by atoms with Gasteiger partial charge in [0.05, 0.1) is 0 Å². The van der Waals surface area contributed by atoms with Crippen LogP contribution in [-0.4, -0.2) is 11.0 Å². The first kappa shape index (κ1) is 10.2. The van der Waals surface area contributed by atoms with E-state index in [0.717, 1.165) is 23.1 Å². The fraction of sp³-hybridized carbons (Fsp3) is 0.385. The Balaban J connectivity index is 1.80. The van der Waals surface area contributed by atoms with E-state index in [1.54, 1.807) is 0 Å². The van der Waals surface area contributed by atoms with Crippen molar-refractivity contribution in [3.8, 4) is 0 Å². The van der Waals surface area contributed by atoms with Crippen LogP contribution in [0.1, 0.15) is 24.8 Å². The summed E-state index contributed by atoms with van der Waals surface area (Å²) in [4.78, 5) is 3.26. The summed E-state index contributed by atoms with van der Waals surface area (Å²) >= 11 is 5.95. The topological polar surface area (TPSA) is 27.8 Å². The summed E-state index contributed by atoms with van der Waals surface area (Å²) in [7, 11) is 0. The van der Waals surface area contributed by atoms with Crippen LogP contribution < -0.4 is 5.32 Å². The Morgan fingerprint density at radius 1 is 1.38 bits per heavy atom. The minimum Gasteiger partial charge on any atom is -0.361 e. The lowest BCUT2D eigenvalue weighted by molar-refractivity contribution is 0.338. The number of hydrogen-bond donors (Lipinski definition) is 2. The van der Waals surface area contributed by atoms with E-state index in [9.17, 15) is 0 Å². The Kier molecular flexibility index (Phi) is 2.62. The molecular weight excluding hydrogens is 220 g/mol. The second kappa shape index (κ2) is 4.11. The molecule has 1 aromatic heterocycles. The molecule has 1 aromatic carbocycles. The molecule has 2 aromatic rings. The summed E-state index contributed by atoms with van der Waals surface area (Å²) in [5.74, 6) is 0. The first-order valence-corrected chi connectivity index (χ1v) is 6.19. The largest absolute Gasteiger partial charge is 0.361 e. The number of benzene rings is 1. The number of aromatic nitrogens is 1.